The number of rotatable bonds is 5. The Kier molecular flexibility index (Phi) is 3.94. The molecule has 1 heterocycles. The van der Waals surface area contributed by atoms with Crippen LogP contribution < -0.4 is 4.74 Å². The first-order chi connectivity index (χ1) is 8.72. The molecule has 0 aliphatic carbocycles. The molecule has 1 unspecified atom stereocenters. The Morgan fingerprint density at radius 2 is 2.22 bits per heavy atom. The number of H-pyrrole nitrogens is 1. The largest absolute Gasteiger partial charge is 0.483 e. The van der Waals surface area contributed by atoms with Gasteiger partial charge in [-0.3, -0.25) is 9.67 Å². The highest BCUT2D eigenvalue weighted by Gasteiger charge is 2.14. The first-order valence-corrected chi connectivity index (χ1v) is 6.11. The highest BCUT2D eigenvalue weighted by molar-refractivity contribution is 7.71. The van der Waals surface area contributed by atoms with Gasteiger partial charge in [0.05, 0.1) is 0 Å². The van der Waals surface area contributed by atoms with E-state index < -0.39 is 0 Å². The maximum absolute atomic E-state index is 5.82. The summed E-state index contributed by atoms with van der Waals surface area (Å²) < 4.78 is 8.26. The minimum absolute atomic E-state index is 0.180. The van der Waals surface area contributed by atoms with Gasteiger partial charge < -0.3 is 4.74 Å². The topological polar surface area (TPSA) is 42.8 Å². The lowest BCUT2D eigenvalue weighted by Crippen LogP contribution is -2.11. The number of aromatic nitrogens is 3. The van der Waals surface area contributed by atoms with Gasteiger partial charge in [-0.15, -0.1) is 6.58 Å². The van der Waals surface area contributed by atoms with Crippen LogP contribution in [0, 0.1) is 4.77 Å². The number of hydrogen-bond donors (Lipinski definition) is 1. The molecule has 2 rings (SSSR count). The number of para-hydroxylation sites is 1. The number of nitrogens with one attached hydrogen (secondary N) is 1. The fraction of sp³-hybridized carbons (Fsp3) is 0.231. The average molecular weight is 261 g/mol. The van der Waals surface area contributed by atoms with Crippen molar-refractivity contribution in [2.45, 2.75) is 19.6 Å². The van der Waals surface area contributed by atoms with Gasteiger partial charge in [0.15, 0.2) is 16.7 Å². The predicted octanol–water partition coefficient (Wildman–Crippen LogP) is 3.27. The molecule has 0 aliphatic rings. The van der Waals surface area contributed by atoms with Crippen LogP contribution >= 0.6 is 12.2 Å². The molecule has 1 N–H and O–H groups in total. The Morgan fingerprint density at radius 1 is 1.50 bits per heavy atom. The molecule has 1 atom stereocenters. The second-order valence-electron chi connectivity index (χ2n) is 3.86. The summed E-state index contributed by atoms with van der Waals surface area (Å²) in [4.78, 5) is 0. The van der Waals surface area contributed by atoms with E-state index in [1.807, 2.05) is 41.8 Å². The zero-order valence-electron chi connectivity index (χ0n) is 10.2. The van der Waals surface area contributed by atoms with E-state index in [2.05, 4.69) is 16.8 Å². The Morgan fingerprint density at radius 3 is 2.89 bits per heavy atom. The Bertz CT molecular complexity index is 573. The second-order valence-corrected chi connectivity index (χ2v) is 4.25. The van der Waals surface area contributed by atoms with E-state index in [9.17, 15) is 0 Å². The number of allylic oxidation sites excluding steroid dienone is 1. The molecule has 94 valence electrons. The van der Waals surface area contributed by atoms with E-state index in [4.69, 9.17) is 17.0 Å². The van der Waals surface area contributed by atoms with Gasteiger partial charge in [-0.05, 0) is 31.3 Å². The summed E-state index contributed by atoms with van der Waals surface area (Å²) in [7, 11) is 0. The van der Waals surface area contributed by atoms with Crippen LogP contribution in [0.2, 0.25) is 0 Å². The molecule has 0 amide bonds. The van der Waals surface area contributed by atoms with Crippen molar-refractivity contribution in [3.63, 3.8) is 0 Å². The maximum Gasteiger partial charge on any atom is 0.195 e. The van der Waals surface area contributed by atoms with Crippen LogP contribution in [-0.2, 0) is 6.54 Å². The van der Waals surface area contributed by atoms with Crippen LogP contribution in [0.5, 0.6) is 5.75 Å². The fourth-order valence-electron chi connectivity index (χ4n) is 1.70. The van der Waals surface area contributed by atoms with Crippen molar-refractivity contribution in [1.29, 1.82) is 0 Å². The third-order valence-electron chi connectivity index (χ3n) is 2.52. The molecule has 5 heteroatoms. The van der Waals surface area contributed by atoms with E-state index >= 15 is 0 Å². The average Bonchev–Trinajstić information content (AvgIpc) is 2.73. The van der Waals surface area contributed by atoms with E-state index in [1.165, 1.54) is 0 Å². The molecule has 0 saturated carbocycles. The third kappa shape index (κ3) is 2.68. The molecule has 2 aromatic rings. The smallest absolute Gasteiger partial charge is 0.195 e. The Hall–Kier alpha value is -1.88. The van der Waals surface area contributed by atoms with Gasteiger partial charge in [0, 0.05) is 6.54 Å². The molecule has 1 aromatic heterocycles. The fourth-order valence-corrected chi connectivity index (χ4v) is 1.92. The first-order valence-electron chi connectivity index (χ1n) is 5.70. The molecule has 0 bridgehead atoms. The van der Waals surface area contributed by atoms with Crippen LogP contribution in [0.15, 0.2) is 43.0 Å². The monoisotopic (exact) mass is 261 g/mol. The van der Waals surface area contributed by atoms with E-state index in [0.717, 1.165) is 11.6 Å². The number of ether oxygens (including phenoxy) is 1. The summed E-state index contributed by atoms with van der Waals surface area (Å²) in [5, 5.41) is 6.98. The minimum Gasteiger partial charge on any atom is -0.483 e. The Balaban J connectivity index is 2.21. The van der Waals surface area contributed by atoms with E-state index in [-0.39, 0.29) is 6.10 Å². The summed E-state index contributed by atoms with van der Waals surface area (Å²) >= 11 is 5.16. The van der Waals surface area contributed by atoms with Crippen molar-refractivity contribution in [2.24, 2.45) is 0 Å². The lowest BCUT2D eigenvalue weighted by atomic mass is 10.3. The summed E-state index contributed by atoms with van der Waals surface area (Å²) in [5.41, 5.74) is 0. The van der Waals surface area contributed by atoms with Crippen LogP contribution in [-0.4, -0.2) is 14.8 Å². The van der Waals surface area contributed by atoms with Crippen molar-refractivity contribution in [3.8, 4) is 5.75 Å². The van der Waals surface area contributed by atoms with Gasteiger partial charge in [0.2, 0.25) is 0 Å². The maximum atomic E-state index is 5.82. The molecule has 0 fully saturated rings. The molecule has 18 heavy (non-hydrogen) atoms. The van der Waals surface area contributed by atoms with Crippen molar-refractivity contribution in [3.05, 3.63) is 53.6 Å². The van der Waals surface area contributed by atoms with Crippen LogP contribution in [0.3, 0.4) is 0 Å². The van der Waals surface area contributed by atoms with Gasteiger partial charge in [-0.1, -0.05) is 24.3 Å². The zero-order valence-corrected chi connectivity index (χ0v) is 11.0. The van der Waals surface area contributed by atoms with E-state index in [0.29, 0.717) is 11.3 Å². The molecule has 0 aliphatic heterocycles. The number of benzene rings is 1. The van der Waals surface area contributed by atoms with Crippen LogP contribution in [0.4, 0.5) is 0 Å². The van der Waals surface area contributed by atoms with E-state index in [1.54, 1.807) is 6.08 Å². The van der Waals surface area contributed by atoms with Crippen LogP contribution in [0.25, 0.3) is 0 Å². The summed E-state index contributed by atoms with van der Waals surface area (Å²) in [5.74, 6) is 1.58. The second kappa shape index (κ2) is 5.64. The molecular formula is C13H15N3OS. The van der Waals surface area contributed by atoms with Crippen molar-refractivity contribution < 1.29 is 4.74 Å². The van der Waals surface area contributed by atoms with Gasteiger partial charge >= 0.3 is 0 Å². The minimum atomic E-state index is -0.180. The van der Waals surface area contributed by atoms with Gasteiger partial charge in [-0.25, -0.2) is 0 Å². The summed E-state index contributed by atoms with van der Waals surface area (Å²) in [6.07, 6.45) is 1.60. The highest BCUT2D eigenvalue weighted by atomic mass is 32.1. The normalized spacial score (nSPS) is 12.1. The molecular weight excluding hydrogens is 246 g/mol. The lowest BCUT2D eigenvalue weighted by Gasteiger charge is -2.14. The molecule has 0 saturated heterocycles. The molecule has 0 spiro atoms. The van der Waals surface area contributed by atoms with Crippen molar-refractivity contribution >= 4 is 12.2 Å². The SMILES string of the molecule is C=CCn1c(C(C)Oc2ccccc2)n[nH]c1=S. The van der Waals surface area contributed by atoms with Crippen LogP contribution in [0.1, 0.15) is 18.9 Å². The van der Waals surface area contributed by atoms with Crippen molar-refractivity contribution in [2.75, 3.05) is 0 Å². The Labute approximate surface area is 111 Å². The quantitative estimate of drug-likeness (QED) is 0.663. The molecule has 1 aromatic carbocycles. The molecule has 4 nitrogen and oxygen atoms in total. The summed E-state index contributed by atoms with van der Waals surface area (Å²) in [6.45, 7) is 6.27. The summed E-state index contributed by atoms with van der Waals surface area (Å²) in [6, 6.07) is 9.64. The molecule has 0 radical (unpaired) electrons. The number of nitrogens with zero attached hydrogens (tertiary/aromatic N) is 2. The van der Waals surface area contributed by atoms with Gasteiger partial charge in [0.1, 0.15) is 5.75 Å². The van der Waals surface area contributed by atoms with Gasteiger partial charge in [0.25, 0.3) is 0 Å². The standard InChI is InChI=1S/C13H15N3OS/c1-3-9-16-12(14-15-13(16)18)10(2)17-11-7-5-4-6-8-11/h3-8,10H,1,9H2,2H3,(H,15,18). The number of hydrogen-bond acceptors (Lipinski definition) is 3. The first kappa shape index (κ1) is 12.6. The predicted molar refractivity (Wildman–Crippen MR) is 73.1 cm³/mol. The third-order valence-corrected chi connectivity index (χ3v) is 2.83. The zero-order chi connectivity index (χ0) is 13.0. The van der Waals surface area contributed by atoms with Crippen molar-refractivity contribution in [1.82, 2.24) is 14.8 Å². The number of aromatic amines is 1. The van der Waals surface area contributed by atoms with Gasteiger partial charge in [-0.2, -0.15) is 5.10 Å². The lowest BCUT2D eigenvalue weighted by molar-refractivity contribution is 0.211. The highest BCUT2D eigenvalue weighted by Crippen LogP contribution is 2.19.